The van der Waals surface area contributed by atoms with Crippen LogP contribution in [0.1, 0.15) is 5.56 Å². The molecule has 0 aliphatic rings. The molecule has 0 aromatic heterocycles. The van der Waals surface area contributed by atoms with Crippen LogP contribution in [-0.4, -0.2) is 38.9 Å². The topological polar surface area (TPSA) is 172 Å². The van der Waals surface area contributed by atoms with Crippen molar-refractivity contribution in [1.29, 1.82) is 0 Å². The van der Waals surface area contributed by atoms with E-state index in [2.05, 4.69) is 6.58 Å². The van der Waals surface area contributed by atoms with E-state index in [1.807, 2.05) is 0 Å². The molecule has 0 saturated heterocycles. The van der Waals surface area contributed by atoms with Crippen molar-refractivity contribution in [3.63, 3.8) is 0 Å². The number of hydrogen-bond acceptors (Lipinski definition) is 9. The maximum absolute atomic E-state index is 11.5. The van der Waals surface area contributed by atoms with Gasteiger partial charge in [0.15, 0.2) is 0 Å². The van der Waals surface area contributed by atoms with Gasteiger partial charge in [-0.3, -0.25) is 0 Å². The van der Waals surface area contributed by atoms with Gasteiger partial charge in [-0.25, -0.2) is 25.3 Å². The van der Waals surface area contributed by atoms with Crippen LogP contribution >= 0.6 is 0 Å². The third-order valence-corrected chi connectivity index (χ3v) is 6.09. The summed E-state index contributed by atoms with van der Waals surface area (Å²) in [4.78, 5) is -5.07. The molecule has 0 N–H and O–H groups in total. The fraction of sp³-hybridized carbons (Fsp3) is 0. The van der Waals surface area contributed by atoms with Crippen LogP contribution in [0.3, 0.4) is 0 Å². The molecule has 0 aliphatic heterocycles. The van der Waals surface area contributed by atoms with Crippen molar-refractivity contribution in [2.45, 2.75) is 14.7 Å². The summed E-state index contributed by atoms with van der Waals surface area (Å²) in [5.74, 6) is 0. The average molecular weight is 460 g/mol. The zero-order valence-electron chi connectivity index (χ0n) is 14.5. The van der Waals surface area contributed by atoms with Gasteiger partial charge in [-0.05, 0) is 5.39 Å². The summed E-state index contributed by atoms with van der Waals surface area (Å²) in [5.41, 5.74) is -0.581. The van der Waals surface area contributed by atoms with Crippen molar-refractivity contribution in [2.24, 2.45) is 0 Å². The predicted molar refractivity (Wildman–Crippen MR) is 77.9 cm³/mol. The minimum Gasteiger partial charge on any atom is -0.744 e. The van der Waals surface area contributed by atoms with Gasteiger partial charge in [-0.15, -0.1) is 0 Å². The van der Waals surface area contributed by atoms with Crippen LogP contribution in [0.15, 0.2) is 45.5 Å². The second-order valence-corrected chi connectivity index (χ2v) is 8.46. The Balaban J connectivity index is 0. The zero-order chi connectivity index (χ0) is 18.5. The minimum absolute atomic E-state index is 0. The van der Waals surface area contributed by atoms with Gasteiger partial charge in [-0.1, -0.05) is 36.9 Å². The maximum Gasteiger partial charge on any atom is 1.00 e. The van der Waals surface area contributed by atoms with Crippen LogP contribution in [0.25, 0.3) is 16.8 Å². The molecule has 27 heavy (non-hydrogen) atoms. The van der Waals surface area contributed by atoms with Crippen LogP contribution in [0, 0.1) is 0 Å². The van der Waals surface area contributed by atoms with Gasteiger partial charge in [0.25, 0.3) is 0 Å². The first kappa shape index (κ1) is 30.4. The van der Waals surface area contributed by atoms with E-state index in [-0.39, 0.29) is 94.1 Å². The average Bonchev–Trinajstić information content (AvgIpc) is 2.41. The largest absolute Gasteiger partial charge is 1.00 e. The third kappa shape index (κ3) is 6.32. The molecule has 0 unspecified atom stereocenters. The molecule has 0 radical (unpaired) electrons. The van der Waals surface area contributed by atoms with Crippen molar-refractivity contribution in [1.82, 2.24) is 0 Å². The second-order valence-electron chi connectivity index (χ2n) is 4.51. The van der Waals surface area contributed by atoms with Gasteiger partial charge in [0.2, 0.25) is 0 Å². The first-order valence-corrected chi connectivity index (χ1v) is 10.1. The normalized spacial score (nSPS) is 11.7. The van der Waals surface area contributed by atoms with Gasteiger partial charge in [0.05, 0.1) is 14.7 Å². The predicted octanol–water partition coefficient (Wildman–Crippen LogP) is -8.79. The molecule has 9 nitrogen and oxygen atoms in total. The fourth-order valence-electron chi connectivity index (χ4n) is 2.31. The van der Waals surface area contributed by atoms with E-state index in [9.17, 15) is 38.9 Å². The Morgan fingerprint density at radius 2 is 1.04 bits per heavy atom. The molecule has 2 aromatic carbocycles. The molecule has 0 heterocycles. The van der Waals surface area contributed by atoms with E-state index in [1.54, 1.807) is 0 Å². The van der Waals surface area contributed by atoms with Crippen LogP contribution in [-0.2, 0) is 30.4 Å². The maximum atomic E-state index is 11.5. The first-order valence-electron chi connectivity index (χ1n) is 5.89. The number of fused-ring (bicyclic) bond motifs is 1. The molecule has 0 spiro atoms. The molecule has 0 amide bonds. The molecule has 2 rings (SSSR count). The SMILES string of the molecule is C=Cc1c(S(=O)(=O)[O-])c(S(=O)(=O)[O-])c(S(=O)(=O)[O-])c2ccccc12.[Na+].[Na+].[Na+]. The minimum atomic E-state index is -5.81. The summed E-state index contributed by atoms with van der Waals surface area (Å²) >= 11 is 0. The quantitative estimate of drug-likeness (QED) is 0.317. The smallest absolute Gasteiger partial charge is 0.744 e. The van der Waals surface area contributed by atoms with E-state index in [4.69, 9.17) is 0 Å². The van der Waals surface area contributed by atoms with E-state index >= 15 is 0 Å². The van der Waals surface area contributed by atoms with Crippen LogP contribution < -0.4 is 88.7 Å². The van der Waals surface area contributed by atoms with Crippen LogP contribution in [0.4, 0.5) is 0 Å². The first-order chi connectivity index (χ1) is 10.8. The van der Waals surface area contributed by atoms with Gasteiger partial charge in [-0.2, -0.15) is 0 Å². The van der Waals surface area contributed by atoms with Gasteiger partial charge < -0.3 is 13.7 Å². The molecule has 0 aliphatic carbocycles. The van der Waals surface area contributed by atoms with Crippen LogP contribution in [0.5, 0.6) is 0 Å². The Morgan fingerprint density at radius 1 is 0.667 bits per heavy atom. The van der Waals surface area contributed by atoms with Crippen molar-refractivity contribution in [2.75, 3.05) is 0 Å². The molecular formula is C12H7Na3O9S3. The van der Waals surface area contributed by atoms with E-state index in [0.29, 0.717) is 0 Å². The van der Waals surface area contributed by atoms with Crippen molar-refractivity contribution in [3.05, 3.63) is 36.4 Å². The van der Waals surface area contributed by atoms with Crippen LogP contribution in [0.2, 0.25) is 0 Å². The molecule has 130 valence electrons. The fourth-order valence-corrected chi connectivity index (χ4v) is 5.84. The number of rotatable bonds is 4. The Hall–Kier alpha value is 1.17. The molecule has 0 saturated carbocycles. The van der Waals surface area contributed by atoms with Crippen molar-refractivity contribution >= 4 is 47.2 Å². The monoisotopic (exact) mass is 460 g/mol. The Kier molecular flexibility index (Phi) is 11.8. The Labute approximate surface area is 222 Å². The summed E-state index contributed by atoms with van der Waals surface area (Å²) in [6, 6.07) is 4.71. The van der Waals surface area contributed by atoms with Gasteiger partial charge in [0, 0.05) is 10.9 Å². The van der Waals surface area contributed by atoms with Gasteiger partial charge in [0.1, 0.15) is 30.4 Å². The summed E-state index contributed by atoms with van der Waals surface area (Å²) in [5, 5.41) is -0.743. The molecule has 0 atom stereocenters. The second kappa shape index (κ2) is 10.5. The summed E-state index contributed by atoms with van der Waals surface area (Å²) in [6.45, 7) is 3.24. The van der Waals surface area contributed by atoms with E-state index < -0.39 is 56.0 Å². The van der Waals surface area contributed by atoms with E-state index in [0.717, 1.165) is 18.2 Å². The molecule has 0 fully saturated rings. The van der Waals surface area contributed by atoms with E-state index in [1.165, 1.54) is 12.1 Å². The number of benzene rings is 2. The standard InChI is InChI=1S/C12H10O9S3.3Na/c1-2-7-8-5-3-4-6-9(8)11(23(16,17)18)12(24(19,20)21)10(7)22(13,14)15;;;/h2-6H,1H2,(H,13,14,15)(H,16,17,18)(H,19,20,21);;;/q;3*+1/p-3. The molecule has 15 heteroatoms. The van der Waals surface area contributed by atoms with Crippen molar-refractivity contribution < 1.29 is 128 Å². The van der Waals surface area contributed by atoms with Gasteiger partial charge >= 0.3 is 88.7 Å². The van der Waals surface area contributed by atoms with Crippen molar-refractivity contribution in [3.8, 4) is 0 Å². The molecule has 0 bridgehead atoms. The summed E-state index contributed by atoms with van der Waals surface area (Å²) < 4.78 is 103. The Morgan fingerprint density at radius 3 is 1.37 bits per heavy atom. The summed E-state index contributed by atoms with van der Waals surface area (Å²) in [7, 11) is -17.1. The zero-order valence-corrected chi connectivity index (χ0v) is 22.9. The third-order valence-electron chi connectivity index (χ3n) is 3.07. The molecular weight excluding hydrogens is 453 g/mol. The summed E-state index contributed by atoms with van der Waals surface area (Å²) in [6.07, 6.45) is 0.781. The molecule has 2 aromatic rings. The number of hydrogen-bond donors (Lipinski definition) is 0. The Bertz CT molecular complexity index is 1190.